The number of anilines is 1. The van der Waals surface area contributed by atoms with Gasteiger partial charge < -0.3 is 10.6 Å². The van der Waals surface area contributed by atoms with E-state index >= 15 is 0 Å². The first kappa shape index (κ1) is 17.4. The van der Waals surface area contributed by atoms with Crippen LogP contribution in [0.2, 0.25) is 0 Å². The van der Waals surface area contributed by atoms with Crippen molar-refractivity contribution in [3.05, 3.63) is 65.7 Å². The summed E-state index contributed by atoms with van der Waals surface area (Å²) in [5.41, 5.74) is 7.23. The number of para-hydroxylation sites is 1. The van der Waals surface area contributed by atoms with E-state index in [2.05, 4.69) is 20.2 Å². The molecule has 3 aromatic rings. The van der Waals surface area contributed by atoms with Crippen molar-refractivity contribution < 1.29 is 9.18 Å². The van der Waals surface area contributed by atoms with E-state index in [1.54, 1.807) is 18.2 Å². The third kappa shape index (κ3) is 3.10. The van der Waals surface area contributed by atoms with E-state index in [-0.39, 0.29) is 18.0 Å². The zero-order valence-corrected chi connectivity index (χ0v) is 14.9. The van der Waals surface area contributed by atoms with Crippen molar-refractivity contribution in [2.45, 2.75) is 25.6 Å². The molecule has 1 aromatic heterocycles. The molecular formula is C20H20FN5O. The van der Waals surface area contributed by atoms with Crippen molar-refractivity contribution >= 4 is 22.6 Å². The molecule has 0 saturated carbocycles. The molecule has 1 aliphatic rings. The average molecular weight is 365 g/mol. The number of carbonyl (C=O) groups is 1. The zero-order valence-electron chi connectivity index (χ0n) is 14.9. The van der Waals surface area contributed by atoms with Crippen LogP contribution < -0.4 is 16.0 Å². The number of hydrogen-bond acceptors (Lipinski definition) is 5. The Morgan fingerprint density at radius 1 is 1.30 bits per heavy atom. The monoisotopic (exact) mass is 365 g/mol. The van der Waals surface area contributed by atoms with Gasteiger partial charge in [-0.1, -0.05) is 18.2 Å². The van der Waals surface area contributed by atoms with Crippen LogP contribution in [0.1, 0.15) is 35.3 Å². The standard InChI is InChI=1S/C20H20FN5O/c1-12(13-4-2-5-14(21)10-13)26(17-8-9-23-17)20-16-7-3-6-15(19(22)27)18(16)24-11-25-20/h2-7,10-12,17,23H,8-9H2,1H3,(H2,22,27). The molecule has 4 rings (SSSR count). The van der Waals surface area contributed by atoms with Crippen molar-refractivity contribution in [3.63, 3.8) is 0 Å². The van der Waals surface area contributed by atoms with Gasteiger partial charge in [0, 0.05) is 11.9 Å². The number of aromatic nitrogens is 2. The molecule has 0 aliphatic carbocycles. The maximum absolute atomic E-state index is 13.8. The molecule has 2 heterocycles. The maximum Gasteiger partial charge on any atom is 0.250 e. The SMILES string of the molecule is CC(c1cccc(F)c1)N(c1ncnc2c(C(N)=O)cccc12)C1CCN1. The van der Waals surface area contributed by atoms with Gasteiger partial charge in [0.15, 0.2) is 0 Å². The molecule has 1 saturated heterocycles. The quantitative estimate of drug-likeness (QED) is 0.726. The lowest BCUT2D eigenvalue weighted by atomic mass is 10.0. The van der Waals surface area contributed by atoms with Crippen LogP contribution in [0.3, 0.4) is 0 Å². The van der Waals surface area contributed by atoms with E-state index in [4.69, 9.17) is 5.73 Å². The van der Waals surface area contributed by atoms with Crippen molar-refractivity contribution in [2.24, 2.45) is 5.73 Å². The van der Waals surface area contributed by atoms with Crippen molar-refractivity contribution in [3.8, 4) is 0 Å². The lowest BCUT2D eigenvalue weighted by Gasteiger charge is -2.43. The van der Waals surface area contributed by atoms with Gasteiger partial charge in [0.05, 0.1) is 23.3 Å². The Balaban J connectivity index is 1.86. The Morgan fingerprint density at radius 2 is 2.07 bits per heavy atom. The number of amides is 1. The van der Waals surface area contributed by atoms with Gasteiger partial charge >= 0.3 is 0 Å². The average Bonchev–Trinajstić information content (AvgIpc) is 2.63. The van der Waals surface area contributed by atoms with E-state index in [9.17, 15) is 9.18 Å². The molecule has 138 valence electrons. The topological polar surface area (TPSA) is 84.1 Å². The molecular weight excluding hydrogens is 345 g/mol. The Hall–Kier alpha value is -3.06. The van der Waals surface area contributed by atoms with Crippen molar-refractivity contribution in [2.75, 3.05) is 11.4 Å². The Labute approximate surface area is 156 Å². The van der Waals surface area contributed by atoms with E-state index in [1.807, 2.05) is 19.1 Å². The van der Waals surface area contributed by atoms with Crippen molar-refractivity contribution in [1.29, 1.82) is 0 Å². The third-order valence-corrected chi connectivity index (χ3v) is 5.04. The maximum atomic E-state index is 13.8. The van der Waals surface area contributed by atoms with Crippen LogP contribution in [-0.2, 0) is 0 Å². The Kier molecular flexibility index (Phi) is 4.45. The molecule has 0 bridgehead atoms. The molecule has 3 N–H and O–H groups in total. The molecule has 2 unspecified atom stereocenters. The number of fused-ring (bicyclic) bond motifs is 1. The zero-order chi connectivity index (χ0) is 19.0. The van der Waals surface area contributed by atoms with E-state index < -0.39 is 5.91 Å². The van der Waals surface area contributed by atoms with Crippen LogP contribution in [0.15, 0.2) is 48.8 Å². The van der Waals surface area contributed by atoms with E-state index in [1.165, 1.54) is 18.5 Å². The van der Waals surface area contributed by atoms with Gasteiger partial charge in [-0.05, 0) is 43.2 Å². The van der Waals surface area contributed by atoms with Crippen molar-refractivity contribution in [1.82, 2.24) is 15.3 Å². The molecule has 2 atom stereocenters. The summed E-state index contributed by atoms with van der Waals surface area (Å²) in [4.78, 5) is 22.7. The Morgan fingerprint density at radius 3 is 2.74 bits per heavy atom. The third-order valence-electron chi connectivity index (χ3n) is 5.04. The van der Waals surface area contributed by atoms with Crippen LogP contribution in [0, 0.1) is 5.82 Å². The first-order valence-corrected chi connectivity index (χ1v) is 8.87. The number of nitrogens with one attached hydrogen (secondary N) is 1. The summed E-state index contributed by atoms with van der Waals surface area (Å²) in [5, 5.41) is 4.13. The first-order valence-electron chi connectivity index (χ1n) is 8.87. The van der Waals surface area contributed by atoms with Crippen LogP contribution >= 0.6 is 0 Å². The second kappa shape index (κ2) is 6.92. The fourth-order valence-corrected chi connectivity index (χ4v) is 3.52. The highest BCUT2D eigenvalue weighted by atomic mass is 19.1. The number of primary amides is 1. The van der Waals surface area contributed by atoms with Gasteiger partial charge in [-0.15, -0.1) is 0 Å². The minimum Gasteiger partial charge on any atom is -0.366 e. The minimum absolute atomic E-state index is 0.0681. The summed E-state index contributed by atoms with van der Waals surface area (Å²) in [6.45, 7) is 2.92. The van der Waals surface area contributed by atoms with Gasteiger partial charge in [-0.3, -0.25) is 10.1 Å². The lowest BCUT2D eigenvalue weighted by Crippen LogP contribution is -2.56. The number of carbonyl (C=O) groups excluding carboxylic acids is 1. The second-order valence-corrected chi connectivity index (χ2v) is 6.66. The number of rotatable bonds is 5. The van der Waals surface area contributed by atoms with Gasteiger partial charge in [0.1, 0.15) is 18.0 Å². The van der Waals surface area contributed by atoms with Gasteiger partial charge in [-0.25, -0.2) is 14.4 Å². The smallest absolute Gasteiger partial charge is 0.250 e. The summed E-state index contributed by atoms with van der Waals surface area (Å²) >= 11 is 0. The predicted octanol–water partition coefficient (Wildman–Crippen LogP) is 2.75. The summed E-state index contributed by atoms with van der Waals surface area (Å²) in [6, 6.07) is 11.7. The highest BCUT2D eigenvalue weighted by Crippen LogP contribution is 2.34. The molecule has 1 amide bonds. The van der Waals surface area contributed by atoms with Gasteiger partial charge in [0.2, 0.25) is 0 Å². The van der Waals surface area contributed by atoms with Crippen LogP contribution in [-0.4, -0.2) is 28.6 Å². The van der Waals surface area contributed by atoms with Crippen LogP contribution in [0.4, 0.5) is 10.2 Å². The van der Waals surface area contributed by atoms with Crippen LogP contribution in [0.25, 0.3) is 10.9 Å². The largest absolute Gasteiger partial charge is 0.366 e. The highest BCUT2D eigenvalue weighted by molar-refractivity contribution is 6.07. The summed E-state index contributed by atoms with van der Waals surface area (Å²) in [6.07, 6.45) is 2.45. The number of nitrogens with zero attached hydrogens (tertiary/aromatic N) is 3. The van der Waals surface area contributed by atoms with Crippen LogP contribution in [0.5, 0.6) is 0 Å². The second-order valence-electron chi connectivity index (χ2n) is 6.66. The molecule has 0 radical (unpaired) electrons. The highest BCUT2D eigenvalue weighted by Gasteiger charge is 2.31. The molecule has 1 fully saturated rings. The number of nitrogens with two attached hydrogens (primary N) is 1. The molecule has 2 aromatic carbocycles. The van der Waals surface area contributed by atoms with E-state index in [0.717, 1.165) is 23.9 Å². The fourth-order valence-electron chi connectivity index (χ4n) is 3.52. The molecule has 0 spiro atoms. The fraction of sp³-hybridized carbons (Fsp3) is 0.250. The summed E-state index contributed by atoms with van der Waals surface area (Å²) < 4.78 is 13.8. The number of hydrogen-bond donors (Lipinski definition) is 2. The molecule has 27 heavy (non-hydrogen) atoms. The normalized spacial score (nSPS) is 17.3. The number of halogens is 1. The Bertz CT molecular complexity index is 1000. The summed E-state index contributed by atoms with van der Waals surface area (Å²) in [7, 11) is 0. The van der Waals surface area contributed by atoms with E-state index in [0.29, 0.717) is 16.9 Å². The predicted molar refractivity (Wildman–Crippen MR) is 102 cm³/mol. The number of benzene rings is 2. The molecule has 6 nitrogen and oxygen atoms in total. The minimum atomic E-state index is -0.531. The first-order chi connectivity index (χ1) is 13.1. The lowest BCUT2D eigenvalue weighted by molar-refractivity contribution is 0.100. The molecule has 7 heteroatoms. The van der Waals surface area contributed by atoms with Gasteiger partial charge in [-0.2, -0.15) is 0 Å². The van der Waals surface area contributed by atoms with Gasteiger partial charge in [0.25, 0.3) is 5.91 Å². The summed E-state index contributed by atoms with van der Waals surface area (Å²) in [5.74, 6) is -0.113. The molecule has 1 aliphatic heterocycles.